The molecule has 104 valence electrons. The first-order valence-electron chi connectivity index (χ1n) is 6.07. The lowest BCUT2D eigenvalue weighted by atomic mass is 10.2. The topological polar surface area (TPSA) is 79.7 Å². The maximum Gasteiger partial charge on any atom is 0.256 e. The predicted octanol–water partition coefficient (Wildman–Crippen LogP) is 1.68. The van der Waals surface area contributed by atoms with Gasteiger partial charge in [0.05, 0.1) is 11.2 Å². The van der Waals surface area contributed by atoms with Gasteiger partial charge in [-0.2, -0.15) is 9.30 Å². The van der Waals surface area contributed by atoms with Crippen LogP contribution in [0, 0.1) is 6.92 Å². The Kier molecular flexibility index (Phi) is 4.46. The number of nitrogens with zero attached hydrogens (tertiary/aromatic N) is 3. The summed E-state index contributed by atoms with van der Waals surface area (Å²) in [7, 11) is -3.62. The molecular weight excluding hydrogens is 286 g/mol. The molecular formula is C11H15N3O3S2. The predicted molar refractivity (Wildman–Crippen MR) is 71.1 cm³/mol. The van der Waals surface area contributed by atoms with Crippen LogP contribution in [0.1, 0.15) is 30.7 Å². The van der Waals surface area contributed by atoms with E-state index in [2.05, 4.69) is 9.98 Å². The lowest BCUT2D eigenvalue weighted by molar-refractivity contribution is 0.331. The molecule has 1 aliphatic heterocycles. The molecule has 2 heterocycles. The van der Waals surface area contributed by atoms with Gasteiger partial charge in [-0.05, 0) is 26.2 Å². The van der Waals surface area contributed by atoms with Crippen LogP contribution in [0.5, 0.6) is 0 Å². The van der Waals surface area contributed by atoms with Crippen molar-refractivity contribution in [1.29, 1.82) is 0 Å². The number of thiazole rings is 1. The Balaban J connectivity index is 2.37. The fourth-order valence-electron chi connectivity index (χ4n) is 2.11. The summed E-state index contributed by atoms with van der Waals surface area (Å²) in [5.41, 5.74) is 0. The van der Waals surface area contributed by atoms with Crippen molar-refractivity contribution in [3.05, 3.63) is 11.2 Å². The van der Waals surface area contributed by atoms with Crippen LogP contribution in [0.25, 0.3) is 0 Å². The fraction of sp³-hybridized carbons (Fsp3) is 0.636. The summed E-state index contributed by atoms with van der Waals surface area (Å²) in [6.45, 7) is 2.14. The first kappa shape index (κ1) is 14.3. The number of hydrogen-bond acceptors (Lipinski definition) is 6. The van der Waals surface area contributed by atoms with Crippen molar-refractivity contribution in [3.8, 4) is 0 Å². The number of hydrogen-bond donors (Lipinski definition) is 0. The Bertz CT molecular complexity index is 590. The highest BCUT2D eigenvalue weighted by atomic mass is 32.2. The van der Waals surface area contributed by atoms with E-state index in [0.29, 0.717) is 18.0 Å². The van der Waals surface area contributed by atoms with E-state index in [4.69, 9.17) is 0 Å². The molecule has 0 radical (unpaired) electrons. The van der Waals surface area contributed by atoms with Gasteiger partial charge in [0.2, 0.25) is 6.08 Å². The molecule has 2 rings (SSSR count). The van der Waals surface area contributed by atoms with E-state index in [1.165, 1.54) is 16.6 Å². The zero-order valence-electron chi connectivity index (χ0n) is 10.6. The molecule has 0 spiro atoms. The van der Waals surface area contributed by atoms with Crippen LogP contribution in [0.15, 0.2) is 15.4 Å². The zero-order chi connectivity index (χ0) is 13.9. The third kappa shape index (κ3) is 3.09. The minimum absolute atomic E-state index is 0.206. The highest BCUT2D eigenvalue weighted by Crippen LogP contribution is 2.28. The average molecular weight is 301 g/mol. The molecule has 1 aromatic heterocycles. The molecule has 0 N–H and O–H groups in total. The number of aryl methyl sites for hydroxylation is 1. The molecule has 0 bridgehead atoms. The molecule has 1 atom stereocenters. The van der Waals surface area contributed by atoms with E-state index in [9.17, 15) is 13.2 Å². The zero-order valence-corrected chi connectivity index (χ0v) is 12.2. The number of isocyanates is 1. The van der Waals surface area contributed by atoms with Gasteiger partial charge in [-0.25, -0.2) is 18.2 Å². The second-order valence-corrected chi connectivity index (χ2v) is 7.72. The van der Waals surface area contributed by atoms with Gasteiger partial charge in [0.1, 0.15) is 6.17 Å². The molecule has 0 saturated carbocycles. The minimum Gasteiger partial charge on any atom is -0.249 e. The Morgan fingerprint density at radius 3 is 2.89 bits per heavy atom. The third-order valence-electron chi connectivity index (χ3n) is 3.04. The summed E-state index contributed by atoms with van der Waals surface area (Å²) < 4.78 is 26.6. The van der Waals surface area contributed by atoms with Crippen LogP contribution in [0.2, 0.25) is 0 Å². The fourth-order valence-corrected chi connectivity index (χ4v) is 4.94. The molecule has 1 aromatic rings. The molecule has 1 saturated heterocycles. The van der Waals surface area contributed by atoms with Gasteiger partial charge in [-0.15, -0.1) is 11.3 Å². The van der Waals surface area contributed by atoms with E-state index < -0.39 is 16.2 Å². The summed E-state index contributed by atoms with van der Waals surface area (Å²) in [6.07, 6.45) is 5.36. The number of carbonyl (C=O) groups excluding carboxylic acids is 1. The SMILES string of the molecule is Cc1ncc(S(=O)(=O)N2CCCCCC2N=C=O)s1. The first-order chi connectivity index (χ1) is 9.05. The van der Waals surface area contributed by atoms with Crippen molar-refractivity contribution in [2.45, 2.75) is 43.0 Å². The summed E-state index contributed by atoms with van der Waals surface area (Å²) in [6, 6.07) is 0. The lowest BCUT2D eigenvalue weighted by Gasteiger charge is -2.24. The first-order valence-corrected chi connectivity index (χ1v) is 8.32. The van der Waals surface area contributed by atoms with Gasteiger partial charge >= 0.3 is 0 Å². The third-order valence-corrected chi connectivity index (χ3v) is 6.28. The lowest BCUT2D eigenvalue weighted by Crippen LogP contribution is -2.38. The molecule has 0 amide bonds. The van der Waals surface area contributed by atoms with Crippen LogP contribution in [-0.2, 0) is 14.8 Å². The van der Waals surface area contributed by atoms with E-state index >= 15 is 0 Å². The van der Waals surface area contributed by atoms with Crippen LogP contribution < -0.4 is 0 Å². The second-order valence-electron chi connectivity index (χ2n) is 4.36. The molecule has 1 fully saturated rings. The minimum atomic E-state index is -3.62. The average Bonchev–Trinajstić information content (AvgIpc) is 2.67. The van der Waals surface area contributed by atoms with Crippen molar-refractivity contribution in [1.82, 2.24) is 9.29 Å². The Morgan fingerprint density at radius 2 is 2.26 bits per heavy atom. The molecule has 19 heavy (non-hydrogen) atoms. The van der Waals surface area contributed by atoms with E-state index in [1.54, 1.807) is 6.92 Å². The molecule has 1 unspecified atom stereocenters. The van der Waals surface area contributed by atoms with Gasteiger partial charge < -0.3 is 0 Å². The van der Waals surface area contributed by atoms with Gasteiger partial charge in [0, 0.05) is 6.54 Å². The van der Waals surface area contributed by atoms with Crippen LogP contribution in [0.3, 0.4) is 0 Å². The van der Waals surface area contributed by atoms with Crippen LogP contribution >= 0.6 is 11.3 Å². The highest BCUT2D eigenvalue weighted by Gasteiger charge is 2.33. The normalized spacial score (nSPS) is 21.6. The van der Waals surface area contributed by atoms with E-state index in [1.807, 2.05) is 0 Å². The Hall–Kier alpha value is -1.08. The van der Waals surface area contributed by atoms with Crippen LogP contribution in [-0.4, -0.2) is 36.5 Å². The molecule has 1 aliphatic rings. The maximum atomic E-state index is 12.5. The molecule has 0 aromatic carbocycles. The van der Waals surface area contributed by atoms with Crippen molar-refractivity contribution in [2.24, 2.45) is 4.99 Å². The summed E-state index contributed by atoms with van der Waals surface area (Å²) in [5, 5.41) is 0.698. The van der Waals surface area contributed by atoms with Gasteiger partial charge in [-0.1, -0.05) is 6.42 Å². The Labute approximate surface area is 116 Å². The Morgan fingerprint density at radius 1 is 1.47 bits per heavy atom. The monoisotopic (exact) mass is 301 g/mol. The molecule has 0 aliphatic carbocycles. The van der Waals surface area contributed by atoms with Crippen molar-refractivity contribution < 1.29 is 13.2 Å². The summed E-state index contributed by atoms with van der Waals surface area (Å²) in [4.78, 5) is 18.1. The van der Waals surface area contributed by atoms with Crippen LogP contribution in [0.4, 0.5) is 0 Å². The summed E-state index contributed by atoms with van der Waals surface area (Å²) in [5.74, 6) is 0. The quantitative estimate of drug-likeness (QED) is 0.628. The van der Waals surface area contributed by atoms with Gasteiger partial charge in [-0.3, -0.25) is 0 Å². The van der Waals surface area contributed by atoms with Crippen molar-refractivity contribution in [2.75, 3.05) is 6.54 Å². The van der Waals surface area contributed by atoms with Crippen molar-refractivity contribution in [3.63, 3.8) is 0 Å². The largest absolute Gasteiger partial charge is 0.256 e. The molecule has 8 heteroatoms. The second kappa shape index (κ2) is 5.92. The maximum absolute atomic E-state index is 12.5. The van der Waals surface area contributed by atoms with Gasteiger partial charge in [0.25, 0.3) is 10.0 Å². The van der Waals surface area contributed by atoms with E-state index in [-0.39, 0.29) is 4.21 Å². The number of rotatable bonds is 3. The molecule has 6 nitrogen and oxygen atoms in total. The van der Waals surface area contributed by atoms with E-state index in [0.717, 1.165) is 30.6 Å². The number of aliphatic imine (C=N–C) groups is 1. The highest BCUT2D eigenvalue weighted by molar-refractivity contribution is 7.91. The van der Waals surface area contributed by atoms with Crippen molar-refractivity contribution >= 4 is 27.4 Å². The number of aromatic nitrogens is 1. The standard InChI is InChI=1S/C11H15N3O3S2/c1-9-12-7-11(18-9)19(16,17)14-6-4-2-3-5-10(14)13-8-15/h7,10H,2-6H2,1H3. The van der Waals surface area contributed by atoms with Gasteiger partial charge in [0.15, 0.2) is 4.21 Å². The smallest absolute Gasteiger partial charge is 0.249 e. The number of sulfonamides is 1. The summed E-state index contributed by atoms with van der Waals surface area (Å²) >= 11 is 1.13.